The number of hydrogen-bond acceptors (Lipinski definition) is 6. The monoisotopic (exact) mass is 957 g/mol. The molecular formula is C49H29N5SU. The Morgan fingerprint density at radius 1 is 0.411 bits per heavy atom. The zero-order valence-corrected chi connectivity index (χ0v) is 34.9. The van der Waals surface area contributed by atoms with Crippen LogP contribution >= 0.6 is 11.3 Å². The smallest absolute Gasteiger partial charge is 0.226 e. The summed E-state index contributed by atoms with van der Waals surface area (Å²) < 4.78 is 2.28. The molecule has 5 nitrogen and oxygen atoms in total. The Bertz CT molecular complexity index is 2890. The van der Waals surface area contributed by atoms with Crippen molar-refractivity contribution in [3.05, 3.63) is 188 Å². The first-order valence-corrected chi connectivity index (χ1v) is 18.8. The van der Waals surface area contributed by atoms with E-state index >= 15 is 0 Å². The van der Waals surface area contributed by atoms with Crippen LogP contribution in [0.15, 0.2) is 176 Å². The van der Waals surface area contributed by atoms with Gasteiger partial charge in [0.05, 0.1) is 15.9 Å². The van der Waals surface area contributed by atoms with E-state index in [-0.39, 0.29) is 31.1 Å². The molecule has 0 saturated heterocycles. The van der Waals surface area contributed by atoms with Gasteiger partial charge in [0.15, 0.2) is 17.5 Å². The summed E-state index contributed by atoms with van der Waals surface area (Å²) in [5, 5.41) is 1.15. The van der Waals surface area contributed by atoms with Crippen molar-refractivity contribution < 1.29 is 31.1 Å². The van der Waals surface area contributed by atoms with Crippen LogP contribution in [0.2, 0.25) is 0 Å². The van der Waals surface area contributed by atoms with Crippen LogP contribution in [0.4, 0.5) is 0 Å². The third-order valence-electron chi connectivity index (χ3n) is 9.62. The first kappa shape index (κ1) is 35.6. The molecule has 10 aromatic rings. The predicted octanol–water partition coefficient (Wildman–Crippen LogP) is 12.3. The fourth-order valence-corrected chi connectivity index (χ4v) is 8.02. The van der Waals surface area contributed by atoms with Crippen molar-refractivity contribution in [2.24, 2.45) is 0 Å². The number of nitrogens with zero attached hydrogens (tertiary/aromatic N) is 5. The maximum Gasteiger partial charge on any atom is 2.00 e. The molecule has 0 unspecified atom stereocenters. The molecule has 0 amide bonds. The van der Waals surface area contributed by atoms with Crippen LogP contribution < -0.4 is 0 Å². The number of benzene rings is 7. The van der Waals surface area contributed by atoms with Crippen molar-refractivity contribution in [3.8, 4) is 79.1 Å². The Kier molecular flexibility index (Phi) is 9.89. The maximum atomic E-state index is 5.16. The van der Waals surface area contributed by atoms with Crippen molar-refractivity contribution in [2.75, 3.05) is 0 Å². The molecule has 10 rings (SSSR count). The van der Waals surface area contributed by atoms with Crippen molar-refractivity contribution >= 4 is 31.6 Å². The molecular weight excluding hydrogens is 929 g/mol. The number of thiophene rings is 1. The molecule has 7 heteroatoms. The standard InChI is InChI=1S/C49H29N5S.U/c1-4-14-35(15-5-1)46-50-43(45-44(51-46)41-22-12-13-23-42(41)55-45)34-28-24-32(25-29-34)39-20-10-11-21-40(39)33-26-30-38(31-27-33)49-53-47(36-16-6-2-7-17-36)52-48(54-49)37-18-8-3-9-19-37;/h1-20,22-26,28-31H;/q-2;+2. The summed E-state index contributed by atoms with van der Waals surface area (Å²) >= 11 is 1.74. The molecule has 260 valence electrons. The second-order valence-corrected chi connectivity index (χ2v) is 14.2. The van der Waals surface area contributed by atoms with E-state index in [1.807, 2.05) is 103 Å². The van der Waals surface area contributed by atoms with Gasteiger partial charge >= 0.3 is 31.1 Å². The summed E-state index contributed by atoms with van der Waals surface area (Å²) in [6.45, 7) is 0. The zero-order valence-electron chi connectivity index (χ0n) is 29.9. The molecule has 7 aromatic carbocycles. The Balaban J connectivity index is 0.00000410. The zero-order chi connectivity index (χ0) is 36.6. The maximum absolute atomic E-state index is 5.16. The second kappa shape index (κ2) is 15.6. The molecule has 56 heavy (non-hydrogen) atoms. The number of fused-ring (bicyclic) bond motifs is 3. The van der Waals surface area contributed by atoms with Gasteiger partial charge in [-0.3, -0.25) is 0 Å². The number of rotatable bonds is 7. The summed E-state index contributed by atoms with van der Waals surface area (Å²) in [4.78, 5) is 24.9. The van der Waals surface area contributed by atoms with E-state index in [0.717, 1.165) is 77.2 Å². The average Bonchev–Trinajstić information content (AvgIpc) is 3.66. The van der Waals surface area contributed by atoms with Crippen LogP contribution in [0.25, 0.3) is 99.4 Å². The van der Waals surface area contributed by atoms with Crippen molar-refractivity contribution in [3.63, 3.8) is 0 Å². The molecule has 0 radical (unpaired) electrons. The van der Waals surface area contributed by atoms with Gasteiger partial charge in [0.1, 0.15) is 5.82 Å². The van der Waals surface area contributed by atoms with Crippen molar-refractivity contribution in [1.29, 1.82) is 0 Å². The molecule has 0 aliphatic carbocycles. The normalized spacial score (nSPS) is 11.1. The van der Waals surface area contributed by atoms with Crippen LogP contribution in [0.5, 0.6) is 0 Å². The van der Waals surface area contributed by atoms with E-state index in [4.69, 9.17) is 24.9 Å². The van der Waals surface area contributed by atoms with Crippen LogP contribution in [0.3, 0.4) is 0 Å². The molecule has 0 saturated carbocycles. The largest absolute Gasteiger partial charge is 2.00 e. The summed E-state index contributed by atoms with van der Waals surface area (Å²) in [5.41, 5.74) is 10.7. The van der Waals surface area contributed by atoms with Gasteiger partial charge in [0, 0.05) is 32.3 Å². The number of hydrogen-bond donors (Lipinski definition) is 0. The van der Waals surface area contributed by atoms with E-state index in [9.17, 15) is 0 Å². The summed E-state index contributed by atoms with van der Waals surface area (Å²) in [7, 11) is 0. The quantitative estimate of drug-likeness (QED) is 0.149. The molecule has 0 bridgehead atoms. The average molecular weight is 958 g/mol. The Morgan fingerprint density at radius 3 is 1.55 bits per heavy atom. The third-order valence-corrected chi connectivity index (χ3v) is 10.8. The van der Waals surface area contributed by atoms with E-state index in [0.29, 0.717) is 17.5 Å². The minimum atomic E-state index is 0. The molecule has 0 N–H and O–H groups in total. The molecule has 0 aliphatic rings. The minimum absolute atomic E-state index is 0. The molecule has 3 heterocycles. The van der Waals surface area contributed by atoms with Gasteiger partial charge in [-0.05, 0) is 6.07 Å². The summed E-state index contributed by atoms with van der Waals surface area (Å²) in [5.74, 6) is 2.57. The minimum Gasteiger partial charge on any atom is -0.226 e. The second-order valence-electron chi connectivity index (χ2n) is 13.1. The number of aromatic nitrogens is 5. The van der Waals surface area contributed by atoms with Gasteiger partial charge in [0.25, 0.3) is 0 Å². The summed E-state index contributed by atoms with van der Waals surface area (Å²) in [6.07, 6.45) is 0. The fraction of sp³-hybridized carbons (Fsp3) is 0. The van der Waals surface area contributed by atoms with Gasteiger partial charge in [0.2, 0.25) is 0 Å². The van der Waals surface area contributed by atoms with Crippen molar-refractivity contribution in [2.45, 2.75) is 0 Å². The van der Waals surface area contributed by atoms with Gasteiger partial charge < -0.3 is 0 Å². The SMILES string of the molecule is [U+2].[c-]1cc(-c2nc(-c3ccccc3)nc(-c3ccccc3)n2)ccc1-c1[c-]cccc1-c1ccc(-c2nc(-c3ccccc3)nc3c2sc2ccccc23)cc1. The Labute approximate surface area is 352 Å². The van der Waals surface area contributed by atoms with Gasteiger partial charge in [-0.1, -0.05) is 145 Å². The fourth-order valence-electron chi connectivity index (χ4n) is 6.87. The van der Waals surface area contributed by atoms with E-state index in [1.54, 1.807) is 11.3 Å². The van der Waals surface area contributed by atoms with E-state index in [1.165, 1.54) is 4.70 Å². The first-order chi connectivity index (χ1) is 27.2. The van der Waals surface area contributed by atoms with Crippen LogP contribution in [-0.4, -0.2) is 24.9 Å². The van der Waals surface area contributed by atoms with Gasteiger partial charge in [-0.15, -0.1) is 41.2 Å². The van der Waals surface area contributed by atoms with Crippen molar-refractivity contribution in [1.82, 2.24) is 24.9 Å². The van der Waals surface area contributed by atoms with Gasteiger partial charge in [-0.25, -0.2) is 36.0 Å². The Morgan fingerprint density at radius 2 is 0.946 bits per heavy atom. The van der Waals surface area contributed by atoms with Crippen LogP contribution in [0.1, 0.15) is 0 Å². The van der Waals surface area contributed by atoms with Crippen LogP contribution in [-0.2, 0) is 0 Å². The van der Waals surface area contributed by atoms with Crippen LogP contribution in [0, 0.1) is 43.2 Å². The molecule has 0 fully saturated rings. The first-order valence-electron chi connectivity index (χ1n) is 18.0. The third kappa shape index (κ3) is 6.86. The summed E-state index contributed by atoms with van der Waals surface area (Å²) in [6, 6.07) is 66.5. The van der Waals surface area contributed by atoms with E-state index in [2.05, 4.69) is 84.9 Å². The van der Waals surface area contributed by atoms with Gasteiger partial charge in [-0.2, -0.15) is 24.3 Å². The predicted molar refractivity (Wildman–Crippen MR) is 224 cm³/mol. The molecule has 0 atom stereocenters. The molecule has 3 aromatic heterocycles. The Hall–Kier alpha value is -6.10. The van der Waals surface area contributed by atoms with E-state index < -0.39 is 0 Å². The molecule has 0 spiro atoms. The topological polar surface area (TPSA) is 64.5 Å². The molecule has 0 aliphatic heterocycles.